The van der Waals surface area contributed by atoms with Crippen molar-refractivity contribution in [2.45, 2.75) is 74.8 Å². The van der Waals surface area contributed by atoms with Crippen molar-refractivity contribution in [1.29, 1.82) is 5.41 Å². The molecule has 300 valence electrons. The number of hydrogen-bond acceptors (Lipinski definition) is 12. The van der Waals surface area contributed by atoms with Crippen molar-refractivity contribution in [2.75, 3.05) is 24.6 Å². The Morgan fingerprint density at radius 3 is 1.85 bits per heavy atom. The molecule has 1 aliphatic heterocycles. The zero-order valence-corrected chi connectivity index (χ0v) is 31.7. The number of carbonyl (C=O) groups excluding carboxylic acids is 5. The molecule has 5 amide bonds. The van der Waals surface area contributed by atoms with Crippen LogP contribution in [0.4, 0.5) is 0 Å². The normalized spacial score (nSPS) is 16.4. The Labute approximate surface area is 328 Å². The number of phenols is 2. The standard InChI is InChI=1S/C35H49N9O9S2/c36-23(15-19-5-9-21(45)10-6-19)29(47)42-26(17-54)31(49)41-25(16-20-7-11-22(46)12-8-20)30(48)43-27(18-55)33(51)44-14-2-4-28(44)32(50)40-24(34(52)53)3-1-13-39-35(37)38/h5-12,23-28,45-46,54-55H,1-4,13-18,36H2,(H,40,50)(H,41,49)(H,42,47)(H,43,48)(H,52,53)(H4,37,38,39)/t23-,24-,25-,26-,27-,28-/m0/s1. The summed E-state index contributed by atoms with van der Waals surface area (Å²) in [4.78, 5) is 80.4. The molecule has 1 aliphatic rings. The number of phenolic OH excluding ortho intramolecular Hbond substituents is 2. The molecule has 0 unspecified atom stereocenters. The largest absolute Gasteiger partial charge is 0.508 e. The van der Waals surface area contributed by atoms with E-state index >= 15 is 0 Å². The van der Waals surface area contributed by atoms with E-state index in [2.05, 4.69) is 51.8 Å². The van der Waals surface area contributed by atoms with Gasteiger partial charge in [-0.3, -0.25) is 29.4 Å². The number of carbonyl (C=O) groups is 6. The molecule has 3 rings (SSSR count). The number of thiol groups is 2. The number of amides is 5. The smallest absolute Gasteiger partial charge is 0.326 e. The number of nitrogens with zero attached hydrogens (tertiary/aromatic N) is 1. The highest BCUT2D eigenvalue weighted by molar-refractivity contribution is 7.80. The molecular weight excluding hydrogens is 755 g/mol. The maximum atomic E-state index is 13.8. The van der Waals surface area contributed by atoms with Gasteiger partial charge in [0.05, 0.1) is 6.04 Å². The van der Waals surface area contributed by atoms with Crippen molar-refractivity contribution in [1.82, 2.24) is 31.5 Å². The molecule has 0 radical (unpaired) electrons. The van der Waals surface area contributed by atoms with E-state index in [1.165, 1.54) is 29.2 Å². The number of hydrogen-bond donors (Lipinski definition) is 13. The second-order valence-electron chi connectivity index (χ2n) is 13.0. The van der Waals surface area contributed by atoms with Gasteiger partial charge in [0.1, 0.15) is 41.7 Å². The molecule has 2 aromatic carbocycles. The van der Waals surface area contributed by atoms with Crippen molar-refractivity contribution < 1.29 is 44.1 Å². The molecular formula is C35H49N9O9S2. The van der Waals surface area contributed by atoms with Gasteiger partial charge >= 0.3 is 5.97 Å². The lowest BCUT2D eigenvalue weighted by Gasteiger charge is -2.30. The van der Waals surface area contributed by atoms with Crippen LogP contribution < -0.4 is 38.1 Å². The van der Waals surface area contributed by atoms with Crippen LogP contribution in [0.25, 0.3) is 0 Å². The van der Waals surface area contributed by atoms with Gasteiger partial charge in [0.25, 0.3) is 0 Å². The third-order valence-electron chi connectivity index (χ3n) is 8.79. The van der Waals surface area contributed by atoms with E-state index in [-0.39, 0.29) is 74.2 Å². The summed E-state index contributed by atoms with van der Waals surface area (Å²) < 4.78 is 0. The molecule has 18 nitrogen and oxygen atoms in total. The predicted octanol–water partition coefficient (Wildman–Crippen LogP) is -1.65. The minimum absolute atomic E-state index is 0.0279. The van der Waals surface area contributed by atoms with Gasteiger partial charge < -0.3 is 58.3 Å². The van der Waals surface area contributed by atoms with Crippen molar-refractivity contribution >= 4 is 66.7 Å². The summed E-state index contributed by atoms with van der Waals surface area (Å²) in [6.45, 7) is 0.379. The van der Waals surface area contributed by atoms with Gasteiger partial charge in [0.15, 0.2) is 5.96 Å². The first kappa shape index (κ1) is 44.2. The fraction of sp³-hybridized carbons (Fsp3) is 0.457. The maximum Gasteiger partial charge on any atom is 0.326 e. The van der Waals surface area contributed by atoms with Crippen LogP contribution >= 0.6 is 25.3 Å². The van der Waals surface area contributed by atoms with E-state index in [9.17, 15) is 44.1 Å². The van der Waals surface area contributed by atoms with E-state index in [1.54, 1.807) is 24.3 Å². The summed E-state index contributed by atoms with van der Waals surface area (Å²) in [7, 11) is 0. The lowest BCUT2D eigenvalue weighted by Crippen LogP contribution is -2.60. The summed E-state index contributed by atoms with van der Waals surface area (Å²) in [5.41, 5.74) is 12.5. The lowest BCUT2D eigenvalue weighted by atomic mass is 10.0. The van der Waals surface area contributed by atoms with Gasteiger partial charge in [0, 0.05) is 31.0 Å². The van der Waals surface area contributed by atoms with Crippen LogP contribution in [0.1, 0.15) is 36.8 Å². The molecule has 0 bridgehead atoms. The number of likely N-dealkylation sites (tertiary alicyclic amines) is 1. The summed E-state index contributed by atoms with van der Waals surface area (Å²) in [6.07, 6.45) is 1.03. The van der Waals surface area contributed by atoms with E-state index < -0.39 is 71.8 Å². The fourth-order valence-electron chi connectivity index (χ4n) is 5.82. The molecule has 1 fully saturated rings. The number of nitrogens with one attached hydrogen (secondary N) is 6. The highest BCUT2D eigenvalue weighted by atomic mass is 32.1. The number of guanidine groups is 1. The van der Waals surface area contributed by atoms with Crippen molar-refractivity contribution in [2.24, 2.45) is 11.5 Å². The molecule has 0 saturated carbocycles. The van der Waals surface area contributed by atoms with Crippen LogP contribution in [0.15, 0.2) is 48.5 Å². The monoisotopic (exact) mass is 803 g/mol. The summed E-state index contributed by atoms with van der Waals surface area (Å²) in [6, 6.07) is 4.89. The van der Waals surface area contributed by atoms with Crippen LogP contribution in [0.2, 0.25) is 0 Å². The molecule has 1 saturated heterocycles. The van der Waals surface area contributed by atoms with Gasteiger partial charge in [0.2, 0.25) is 29.5 Å². The van der Waals surface area contributed by atoms with E-state index in [4.69, 9.17) is 16.9 Å². The van der Waals surface area contributed by atoms with Crippen molar-refractivity contribution in [3.63, 3.8) is 0 Å². The fourth-order valence-corrected chi connectivity index (χ4v) is 6.32. The van der Waals surface area contributed by atoms with Gasteiger partial charge in [-0.15, -0.1) is 0 Å². The van der Waals surface area contributed by atoms with E-state index in [0.717, 1.165) is 0 Å². The lowest BCUT2D eigenvalue weighted by molar-refractivity contribution is -0.145. The van der Waals surface area contributed by atoms with Crippen LogP contribution in [-0.2, 0) is 41.6 Å². The summed E-state index contributed by atoms with van der Waals surface area (Å²) in [5.74, 6) is -5.41. The number of carboxylic acids is 1. The molecule has 13 N–H and O–H groups in total. The predicted molar refractivity (Wildman–Crippen MR) is 209 cm³/mol. The first-order valence-electron chi connectivity index (χ1n) is 17.5. The SMILES string of the molecule is N=C(N)NCCC[C@H](NC(=O)[C@@H]1CCCN1C(=O)[C@H](CS)NC(=O)[C@H](Cc1ccc(O)cc1)NC(=O)[C@H](CS)NC(=O)[C@@H](N)Cc1ccc(O)cc1)C(=O)O. The number of aliphatic carboxylic acids is 1. The first-order valence-corrected chi connectivity index (χ1v) is 18.8. The minimum Gasteiger partial charge on any atom is -0.508 e. The highest BCUT2D eigenvalue weighted by Gasteiger charge is 2.39. The van der Waals surface area contributed by atoms with Gasteiger partial charge in [-0.05, 0) is 67.5 Å². The summed E-state index contributed by atoms with van der Waals surface area (Å²) in [5, 5.41) is 49.0. The van der Waals surface area contributed by atoms with Crippen molar-refractivity contribution in [3.05, 3.63) is 59.7 Å². The van der Waals surface area contributed by atoms with Crippen LogP contribution in [0.3, 0.4) is 0 Å². The Hall–Kier alpha value is -5.21. The maximum absolute atomic E-state index is 13.8. The number of rotatable bonds is 20. The third-order valence-corrected chi connectivity index (χ3v) is 9.52. The van der Waals surface area contributed by atoms with Crippen LogP contribution in [0.5, 0.6) is 11.5 Å². The molecule has 2 aromatic rings. The number of carboxylic acid groups (broad SMARTS) is 1. The Bertz CT molecular complexity index is 1670. The average molecular weight is 804 g/mol. The van der Waals surface area contributed by atoms with Crippen molar-refractivity contribution in [3.8, 4) is 11.5 Å². The Morgan fingerprint density at radius 1 is 0.782 bits per heavy atom. The van der Waals surface area contributed by atoms with Crippen LogP contribution in [0, 0.1) is 5.41 Å². The summed E-state index contributed by atoms with van der Waals surface area (Å²) >= 11 is 8.49. The van der Waals surface area contributed by atoms with Gasteiger partial charge in [-0.25, -0.2) is 4.79 Å². The molecule has 0 aliphatic carbocycles. The molecule has 0 spiro atoms. The van der Waals surface area contributed by atoms with E-state index in [1.807, 2.05) is 0 Å². The zero-order chi connectivity index (χ0) is 40.7. The minimum atomic E-state index is -1.30. The highest BCUT2D eigenvalue weighted by Crippen LogP contribution is 2.20. The molecule has 20 heteroatoms. The Balaban J connectivity index is 1.71. The second kappa shape index (κ2) is 21.6. The molecule has 0 aromatic heterocycles. The topological polar surface area (TPSA) is 302 Å². The zero-order valence-electron chi connectivity index (χ0n) is 29.9. The third kappa shape index (κ3) is 13.9. The Morgan fingerprint density at radius 2 is 1.31 bits per heavy atom. The number of benzene rings is 2. The Kier molecular flexibility index (Phi) is 17.4. The van der Waals surface area contributed by atoms with Gasteiger partial charge in [-0.1, -0.05) is 24.3 Å². The van der Waals surface area contributed by atoms with Crippen LogP contribution in [-0.4, -0.2) is 123 Å². The first-order chi connectivity index (χ1) is 26.1. The molecule has 55 heavy (non-hydrogen) atoms. The average Bonchev–Trinajstić information content (AvgIpc) is 3.65. The van der Waals surface area contributed by atoms with E-state index in [0.29, 0.717) is 17.5 Å². The molecule has 1 heterocycles. The second-order valence-corrected chi connectivity index (χ2v) is 13.7. The number of aromatic hydroxyl groups is 2. The number of nitrogens with two attached hydrogens (primary N) is 2. The quantitative estimate of drug-likeness (QED) is 0.0310. The van der Waals surface area contributed by atoms with Gasteiger partial charge in [-0.2, -0.15) is 25.3 Å². The molecule has 6 atom stereocenters.